The molecule has 0 aromatic heterocycles. The highest BCUT2D eigenvalue weighted by molar-refractivity contribution is 5.90. The van der Waals surface area contributed by atoms with Crippen molar-refractivity contribution < 1.29 is 23.5 Å². The molecule has 36 heavy (non-hydrogen) atoms. The van der Waals surface area contributed by atoms with Crippen molar-refractivity contribution in [2.75, 3.05) is 54.8 Å². The highest BCUT2D eigenvalue weighted by Gasteiger charge is 2.33. The molecule has 0 radical (unpaired) electrons. The number of amides is 3. The maximum absolute atomic E-state index is 15.0. The van der Waals surface area contributed by atoms with Crippen LogP contribution in [0.25, 0.3) is 0 Å². The molecule has 0 aliphatic carbocycles. The van der Waals surface area contributed by atoms with Gasteiger partial charge in [0.2, 0.25) is 11.8 Å². The van der Waals surface area contributed by atoms with E-state index in [0.29, 0.717) is 44.0 Å². The molecule has 0 unspecified atom stereocenters. The van der Waals surface area contributed by atoms with Crippen molar-refractivity contribution in [3.8, 4) is 0 Å². The fourth-order valence-electron chi connectivity index (χ4n) is 4.50. The number of ether oxygens (including phenoxy) is 1. The lowest BCUT2D eigenvalue weighted by molar-refractivity contribution is -0.131. The highest BCUT2D eigenvalue weighted by atomic mass is 19.1. The van der Waals surface area contributed by atoms with E-state index >= 15 is 4.39 Å². The number of aryl methyl sites for hydroxylation is 1. The van der Waals surface area contributed by atoms with Gasteiger partial charge in [0.1, 0.15) is 11.9 Å². The molecule has 2 aliphatic rings. The van der Waals surface area contributed by atoms with Crippen LogP contribution in [0, 0.1) is 5.82 Å². The first-order valence-corrected chi connectivity index (χ1v) is 12.2. The van der Waals surface area contributed by atoms with Gasteiger partial charge in [-0.2, -0.15) is 0 Å². The van der Waals surface area contributed by atoms with Crippen molar-refractivity contribution >= 4 is 35.0 Å². The number of hydrogen-bond acceptors (Lipinski definition) is 6. The van der Waals surface area contributed by atoms with E-state index in [1.807, 2.05) is 34.1 Å². The van der Waals surface area contributed by atoms with Crippen molar-refractivity contribution in [2.45, 2.75) is 32.3 Å². The Kier molecular flexibility index (Phi) is 7.92. The van der Waals surface area contributed by atoms with Gasteiger partial charge < -0.3 is 25.6 Å². The molecule has 0 spiro atoms. The molecule has 0 bridgehead atoms. The predicted octanol–water partition coefficient (Wildman–Crippen LogP) is 2.54. The Morgan fingerprint density at radius 2 is 1.83 bits per heavy atom. The Morgan fingerprint density at radius 3 is 2.50 bits per heavy atom. The molecule has 2 heterocycles. The van der Waals surface area contributed by atoms with Crippen molar-refractivity contribution in [3.63, 3.8) is 0 Å². The van der Waals surface area contributed by atoms with Crippen LogP contribution >= 0.6 is 0 Å². The van der Waals surface area contributed by atoms with Crippen molar-refractivity contribution in [1.82, 2.24) is 10.2 Å². The Bertz CT molecular complexity index is 1100. The lowest BCUT2D eigenvalue weighted by Crippen LogP contribution is -2.49. The van der Waals surface area contributed by atoms with Crippen LogP contribution in [-0.4, -0.2) is 68.2 Å². The fourth-order valence-corrected chi connectivity index (χ4v) is 4.50. The summed E-state index contributed by atoms with van der Waals surface area (Å²) >= 11 is 0. The lowest BCUT2D eigenvalue weighted by atomic mass is 10.1. The molecular formula is C26H32FN5O4. The van der Waals surface area contributed by atoms with Gasteiger partial charge in [0.25, 0.3) is 0 Å². The van der Waals surface area contributed by atoms with E-state index in [9.17, 15) is 14.4 Å². The number of benzene rings is 2. The maximum atomic E-state index is 15.0. The van der Waals surface area contributed by atoms with Gasteiger partial charge >= 0.3 is 6.09 Å². The molecule has 1 atom stereocenters. The summed E-state index contributed by atoms with van der Waals surface area (Å²) < 4.78 is 20.3. The molecule has 2 aromatic rings. The summed E-state index contributed by atoms with van der Waals surface area (Å²) in [5.74, 6) is -0.531. The molecule has 2 aromatic carbocycles. The third kappa shape index (κ3) is 6.24. The number of rotatable bonds is 8. The number of cyclic esters (lactones) is 1. The van der Waals surface area contributed by atoms with Gasteiger partial charge in [0.15, 0.2) is 0 Å². The zero-order valence-electron chi connectivity index (χ0n) is 20.4. The number of carbonyl (C=O) groups is 3. The van der Waals surface area contributed by atoms with E-state index in [2.05, 4.69) is 5.32 Å². The van der Waals surface area contributed by atoms with Crippen molar-refractivity contribution in [3.05, 3.63) is 53.8 Å². The minimum Gasteiger partial charge on any atom is -0.442 e. The Balaban J connectivity index is 1.26. The summed E-state index contributed by atoms with van der Waals surface area (Å²) in [5.41, 5.74) is 8.44. The predicted molar refractivity (Wildman–Crippen MR) is 135 cm³/mol. The number of hydrogen-bond donors (Lipinski definition) is 2. The van der Waals surface area contributed by atoms with Crippen LogP contribution in [-0.2, 0) is 20.7 Å². The summed E-state index contributed by atoms with van der Waals surface area (Å²) in [6.07, 6.45) is 1.01. The Hall–Kier alpha value is -3.82. The second-order valence-corrected chi connectivity index (χ2v) is 9.15. The van der Waals surface area contributed by atoms with Crippen LogP contribution in [0.2, 0.25) is 0 Å². The third-order valence-electron chi connectivity index (χ3n) is 6.50. The lowest BCUT2D eigenvalue weighted by Gasteiger charge is -2.36. The van der Waals surface area contributed by atoms with Gasteiger partial charge in [-0.15, -0.1) is 0 Å². The summed E-state index contributed by atoms with van der Waals surface area (Å²) in [4.78, 5) is 41.0. The SMILES string of the molecule is CC(=O)NC[C@H]1CN(c2ccc(N3CCN(C(=O)CCCc4ccc(N)cc4)CC3)c(F)c2)C(=O)O1. The molecule has 2 fully saturated rings. The molecule has 10 heteroatoms. The number of piperazine rings is 1. The average Bonchev–Trinajstić information content (AvgIpc) is 3.24. The Labute approximate surface area is 210 Å². The monoisotopic (exact) mass is 497 g/mol. The van der Waals surface area contributed by atoms with Crippen LogP contribution < -0.4 is 20.9 Å². The topological polar surface area (TPSA) is 108 Å². The number of nitrogens with one attached hydrogen (secondary N) is 1. The highest BCUT2D eigenvalue weighted by Crippen LogP contribution is 2.28. The molecule has 4 rings (SSSR count). The maximum Gasteiger partial charge on any atom is 0.414 e. The van der Waals surface area contributed by atoms with Gasteiger partial charge in [-0.05, 0) is 48.7 Å². The smallest absolute Gasteiger partial charge is 0.414 e. The first kappa shape index (κ1) is 25.3. The molecule has 3 amide bonds. The first-order chi connectivity index (χ1) is 17.3. The van der Waals surface area contributed by atoms with Gasteiger partial charge in [0.05, 0.1) is 24.5 Å². The largest absolute Gasteiger partial charge is 0.442 e. The van der Waals surface area contributed by atoms with Gasteiger partial charge in [-0.1, -0.05) is 12.1 Å². The second kappa shape index (κ2) is 11.3. The quantitative estimate of drug-likeness (QED) is 0.543. The first-order valence-electron chi connectivity index (χ1n) is 12.2. The van der Waals surface area contributed by atoms with Gasteiger partial charge in [0, 0.05) is 45.2 Å². The van der Waals surface area contributed by atoms with E-state index in [-0.39, 0.29) is 24.9 Å². The normalized spacial score (nSPS) is 17.8. The zero-order valence-corrected chi connectivity index (χ0v) is 20.4. The standard InChI is InChI=1S/C26H32FN5O4/c1-18(33)29-16-22-17-32(26(35)36-22)21-9-10-24(23(27)15-21)30-11-13-31(14-12-30)25(34)4-2-3-19-5-7-20(28)8-6-19/h5-10,15,22H,2-4,11-14,16-17,28H2,1H3,(H,29,33)/t22-/m0/s1. The van der Waals surface area contributed by atoms with E-state index in [0.717, 1.165) is 24.1 Å². The minimum atomic E-state index is -0.568. The molecule has 2 aliphatic heterocycles. The summed E-state index contributed by atoms with van der Waals surface area (Å²) in [6, 6.07) is 12.4. The van der Waals surface area contributed by atoms with E-state index in [4.69, 9.17) is 10.5 Å². The van der Waals surface area contributed by atoms with E-state index in [1.54, 1.807) is 12.1 Å². The summed E-state index contributed by atoms with van der Waals surface area (Å²) in [5, 5.41) is 2.62. The second-order valence-electron chi connectivity index (χ2n) is 9.15. The summed E-state index contributed by atoms with van der Waals surface area (Å²) in [7, 11) is 0. The van der Waals surface area contributed by atoms with E-state index in [1.165, 1.54) is 17.9 Å². The Morgan fingerprint density at radius 1 is 1.11 bits per heavy atom. The number of nitrogens with zero attached hydrogens (tertiary/aromatic N) is 3. The van der Waals surface area contributed by atoms with Crippen LogP contribution in [0.5, 0.6) is 0 Å². The van der Waals surface area contributed by atoms with Crippen molar-refractivity contribution in [2.24, 2.45) is 0 Å². The zero-order chi connectivity index (χ0) is 25.7. The minimum absolute atomic E-state index is 0.113. The van der Waals surface area contributed by atoms with Crippen molar-refractivity contribution in [1.29, 1.82) is 0 Å². The third-order valence-corrected chi connectivity index (χ3v) is 6.50. The molecular weight excluding hydrogens is 465 g/mol. The number of halogens is 1. The van der Waals surface area contributed by atoms with Gasteiger partial charge in [-0.25, -0.2) is 9.18 Å². The van der Waals surface area contributed by atoms with Crippen LogP contribution in [0.1, 0.15) is 25.3 Å². The van der Waals surface area contributed by atoms with E-state index < -0.39 is 18.0 Å². The number of nitrogen functional groups attached to an aromatic ring is 1. The number of anilines is 3. The molecule has 3 N–H and O–H groups in total. The molecule has 0 saturated carbocycles. The van der Waals surface area contributed by atoms with Gasteiger partial charge in [-0.3, -0.25) is 14.5 Å². The van der Waals surface area contributed by atoms with Crippen LogP contribution in [0.15, 0.2) is 42.5 Å². The number of carbonyl (C=O) groups excluding carboxylic acids is 3. The van der Waals surface area contributed by atoms with Crippen LogP contribution in [0.4, 0.5) is 26.2 Å². The van der Waals surface area contributed by atoms with Crippen LogP contribution in [0.3, 0.4) is 0 Å². The summed E-state index contributed by atoms with van der Waals surface area (Å²) in [6.45, 7) is 3.96. The average molecular weight is 498 g/mol. The fraction of sp³-hybridized carbons (Fsp3) is 0.423. The molecule has 2 saturated heterocycles. The number of nitrogens with two attached hydrogens (primary N) is 1. The molecule has 9 nitrogen and oxygen atoms in total. The molecule has 192 valence electrons.